The maximum atomic E-state index is 11.5. The molecule has 0 aromatic carbocycles. The quantitative estimate of drug-likeness (QED) is 0.737. The fourth-order valence-corrected chi connectivity index (χ4v) is 1.79. The van der Waals surface area contributed by atoms with E-state index in [0.717, 1.165) is 19.5 Å². The molecule has 1 aliphatic heterocycles. The first-order valence-corrected chi connectivity index (χ1v) is 6.72. The van der Waals surface area contributed by atoms with E-state index in [1.165, 1.54) is 19.3 Å². The summed E-state index contributed by atoms with van der Waals surface area (Å²) in [5.74, 6) is 1.32. The van der Waals surface area contributed by atoms with Crippen LogP contribution in [0.4, 0.5) is 0 Å². The Hall–Kier alpha value is -0.370. The van der Waals surface area contributed by atoms with Crippen molar-refractivity contribution in [2.45, 2.75) is 53.4 Å². The van der Waals surface area contributed by atoms with Gasteiger partial charge >= 0.3 is 0 Å². The third kappa shape index (κ3) is 7.00. The van der Waals surface area contributed by atoms with Crippen LogP contribution in [0, 0.1) is 11.8 Å². The normalized spacial score (nSPS) is 18.1. The molecule has 0 radical (unpaired) electrons. The van der Waals surface area contributed by atoms with Gasteiger partial charge in [-0.15, -0.1) is 0 Å². The summed E-state index contributed by atoms with van der Waals surface area (Å²) in [7, 11) is 2.15. The largest absolute Gasteiger partial charge is 0.306 e. The van der Waals surface area contributed by atoms with E-state index < -0.39 is 0 Å². The van der Waals surface area contributed by atoms with E-state index in [9.17, 15) is 4.79 Å². The lowest BCUT2D eigenvalue weighted by atomic mass is 9.89. The highest BCUT2D eigenvalue weighted by molar-refractivity contribution is 5.80. The minimum atomic E-state index is 0.222. The first kappa shape index (κ1) is 15.6. The minimum Gasteiger partial charge on any atom is -0.306 e. The molecular formula is C14H29NO. The molecule has 0 aliphatic carbocycles. The van der Waals surface area contributed by atoms with Gasteiger partial charge < -0.3 is 4.90 Å². The van der Waals surface area contributed by atoms with Gasteiger partial charge in [-0.1, -0.05) is 34.1 Å². The molecule has 0 unspecified atom stereocenters. The second-order valence-electron chi connectivity index (χ2n) is 5.28. The van der Waals surface area contributed by atoms with Crippen LogP contribution in [0.2, 0.25) is 0 Å². The van der Waals surface area contributed by atoms with Crippen LogP contribution in [0.3, 0.4) is 0 Å². The Morgan fingerprint density at radius 2 is 1.69 bits per heavy atom. The van der Waals surface area contributed by atoms with Crippen molar-refractivity contribution in [2.24, 2.45) is 11.8 Å². The number of carbonyl (C=O) groups excluding carboxylic acids is 1. The monoisotopic (exact) mass is 227 g/mol. The number of carbonyl (C=O) groups is 1. The van der Waals surface area contributed by atoms with Gasteiger partial charge in [0, 0.05) is 12.3 Å². The standard InChI is InChI=1S/C11H21NO.C3H8/c1-9(2)11(13)8-10-4-6-12(3)7-5-10;1-3-2/h9-10H,4-8H2,1-3H3;3H2,1-2H3. The van der Waals surface area contributed by atoms with Gasteiger partial charge in [0.15, 0.2) is 0 Å². The van der Waals surface area contributed by atoms with E-state index in [1.807, 2.05) is 13.8 Å². The lowest BCUT2D eigenvalue weighted by molar-refractivity contribution is -0.123. The Bertz CT molecular complexity index is 181. The third-order valence-corrected chi connectivity index (χ3v) is 2.97. The van der Waals surface area contributed by atoms with Gasteiger partial charge in [-0.3, -0.25) is 4.79 Å². The average molecular weight is 227 g/mol. The molecule has 0 aromatic heterocycles. The lowest BCUT2D eigenvalue weighted by Crippen LogP contribution is -2.31. The number of Topliss-reactive ketones (excluding diaryl/α,β-unsaturated/α-hetero) is 1. The van der Waals surface area contributed by atoms with Crippen LogP contribution in [0.25, 0.3) is 0 Å². The zero-order valence-corrected chi connectivity index (χ0v) is 11.8. The molecule has 0 N–H and O–H groups in total. The zero-order chi connectivity index (χ0) is 12.6. The van der Waals surface area contributed by atoms with Gasteiger partial charge in [0.2, 0.25) is 0 Å². The molecule has 96 valence electrons. The van der Waals surface area contributed by atoms with Gasteiger partial charge in [-0.25, -0.2) is 0 Å². The van der Waals surface area contributed by atoms with Crippen molar-refractivity contribution in [1.82, 2.24) is 4.90 Å². The van der Waals surface area contributed by atoms with Crippen molar-refractivity contribution < 1.29 is 4.79 Å². The Balaban J connectivity index is 0.000000673. The summed E-state index contributed by atoms with van der Waals surface area (Å²) in [4.78, 5) is 13.8. The number of hydrogen-bond donors (Lipinski definition) is 0. The van der Waals surface area contributed by atoms with Crippen LogP contribution in [0.15, 0.2) is 0 Å². The van der Waals surface area contributed by atoms with Crippen LogP contribution in [0.5, 0.6) is 0 Å². The second kappa shape index (κ2) is 8.74. The molecule has 0 saturated carbocycles. The highest BCUT2D eigenvalue weighted by Crippen LogP contribution is 2.21. The Labute approximate surface area is 101 Å². The van der Waals surface area contributed by atoms with E-state index in [2.05, 4.69) is 25.8 Å². The number of piperidine rings is 1. The molecule has 1 heterocycles. The predicted octanol–water partition coefficient (Wildman–Crippen LogP) is 3.36. The number of nitrogens with zero attached hydrogens (tertiary/aromatic N) is 1. The number of hydrogen-bond acceptors (Lipinski definition) is 2. The molecule has 0 aromatic rings. The summed E-state index contributed by atoms with van der Waals surface area (Å²) in [6.07, 6.45) is 4.47. The van der Waals surface area contributed by atoms with E-state index in [1.54, 1.807) is 0 Å². The molecule has 2 nitrogen and oxygen atoms in total. The minimum absolute atomic E-state index is 0.222. The first-order valence-electron chi connectivity index (χ1n) is 6.72. The summed E-state index contributed by atoms with van der Waals surface area (Å²) < 4.78 is 0. The van der Waals surface area contributed by atoms with Crippen LogP contribution >= 0.6 is 0 Å². The van der Waals surface area contributed by atoms with Gasteiger partial charge in [0.05, 0.1) is 0 Å². The van der Waals surface area contributed by atoms with Crippen molar-refractivity contribution in [3.63, 3.8) is 0 Å². The van der Waals surface area contributed by atoms with E-state index in [-0.39, 0.29) is 5.92 Å². The first-order chi connectivity index (χ1) is 7.51. The van der Waals surface area contributed by atoms with Gasteiger partial charge in [0.1, 0.15) is 5.78 Å². The van der Waals surface area contributed by atoms with Crippen LogP contribution in [0.1, 0.15) is 53.4 Å². The van der Waals surface area contributed by atoms with Crippen molar-refractivity contribution >= 4 is 5.78 Å². The lowest BCUT2D eigenvalue weighted by Gasteiger charge is -2.28. The van der Waals surface area contributed by atoms with Crippen molar-refractivity contribution in [1.29, 1.82) is 0 Å². The summed E-state index contributed by atoms with van der Waals surface area (Å²) >= 11 is 0. The maximum Gasteiger partial charge on any atom is 0.135 e. The molecule has 0 spiro atoms. The maximum absolute atomic E-state index is 11.5. The average Bonchev–Trinajstić information content (AvgIpc) is 2.22. The van der Waals surface area contributed by atoms with Gasteiger partial charge in [-0.2, -0.15) is 0 Å². The van der Waals surface area contributed by atoms with Gasteiger partial charge in [-0.05, 0) is 38.9 Å². The molecule has 16 heavy (non-hydrogen) atoms. The zero-order valence-electron chi connectivity index (χ0n) is 11.8. The summed E-state index contributed by atoms with van der Waals surface area (Å²) in [6, 6.07) is 0. The molecule has 1 fully saturated rings. The van der Waals surface area contributed by atoms with Crippen LogP contribution in [-0.4, -0.2) is 30.8 Å². The number of likely N-dealkylation sites (tertiary alicyclic amines) is 1. The molecule has 0 atom stereocenters. The number of ketones is 1. The van der Waals surface area contributed by atoms with Crippen molar-refractivity contribution in [3.8, 4) is 0 Å². The Morgan fingerprint density at radius 1 is 1.25 bits per heavy atom. The third-order valence-electron chi connectivity index (χ3n) is 2.97. The summed E-state index contributed by atoms with van der Waals surface area (Å²) in [5.41, 5.74) is 0. The molecule has 1 rings (SSSR count). The molecule has 0 bridgehead atoms. The van der Waals surface area contributed by atoms with E-state index in [4.69, 9.17) is 0 Å². The SMILES string of the molecule is CC(C)C(=O)CC1CCN(C)CC1.CCC. The molecule has 0 amide bonds. The van der Waals surface area contributed by atoms with Crippen LogP contribution < -0.4 is 0 Å². The van der Waals surface area contributed by atoms with Gasteiger partial charge in [0.25, 0.3) is 0 Å². The summed E-state index contributed by atoms with van der Waals surface area (Å²) in [6.45, 7) is 10.6. The summed E-state index contributed by atoms with van der Waals surface area (Å²) in [5, 5.41) is 0. The topological polar surface area (TPSA) is 20.3 Å². The Kier molecular flexibility index (Phi) is 8.54. The highest BCUT2D eigenvalue weighted by atomic mass is 16.1. The van der Waals surface area contributed by atoms with E-state index >= 15 is 0 Å². The fourth-order valence-electron chi connectivity index (χ4n) is 1.79. The Morgan fingerprint density at radius 3 is 2.06 bits per heavy atom. The van der Waals surface area contributed by atoms with Crippen molar-refractivity contribution in [2.75, 3.05) is 20.1 Å². The van der Waals surface area contributed by atoms with Crippen LogP contribution in [-0.2, 0) is 4.79 Å². The molecular weight excluding hydrogens is 198 g/mol. The molecule has 1 aliphatic rings. The fraction of sp³-hybridized carbons (Fsp3) is 0.929. The predicted molar refractivity (Wildman–Crippen MR) is 70.6 cm³/mol. The van der Waals surface area contributed by atoms with Crippen molar-refractivity contribution in [3.05, 3.63) is 0 Å². The smallest absolute Gasteiger partial charge is 0.135 e. The van der Waals surface area contributed by atoms with E-state index in [0.29, 0.717) is 11.7 Å². The molecule has 2 heteroatoms. The second-order valence-corrected chi connectivity index (χ2v) is 5.28. The highest BCUT2D eigenvalue weighted by Gasteiger charge is 2.20. The molecule has 1 saturated heterocycles. The number of rotatable bonds is 3.